The Morgan fingerprint density at radius 3 is 2.24 bits per heavy atom. The Kier molecular flexibility index (Phi) is 3.29. The van der Waals surface area contributed by atoms with E-state index in [-0.39, 0.29) is 11.3 Å². The maximum absolute atomic E-state index is 13.8. The van der Waals surface area contributed by atoms with Gasteiger partial charge in [0.2, 0.25) is 0 Å². The van der Waals surface area contributed by atoms with Crippen molar-refractivity contribution in [3.05, 3.63) is 53.1 Å². The second kappa shape index (κ2) is 4.72. The third-order valence-corrected chi connectivity index (χ3v) is 2.60. The fourth-order valence-corrected chi connectivity index (χ4v) is 1.78. The molecule has 0 amide bonds. The van der Waals surface area contributed by atoms with Crippen LogP contribution in [0.1, 0.15) is 0 Å². The SMILES string of the molecule is COc1cc(F)c(-c2cccc(Cl)c2)c(F)c1. The molecule has 2 aromatic rings. The molecule has 0 fully saturated rings. The normalized spacial score (nSPS) is 10.4. The maximum atomic E-state index is 13.8. The van der Waals surface area contributed by atoms with Crippen molar-refractivity contribution in [1.29, 1.82) is 0 Å². The second-order valence-electron chi connectivity index (χ2n) is 3.48. The summed E-state index contributed by atoms with van der Waals surface area (Å²) in [6.07, 6.45) is 0. The minimum atomic E-state index is -0.677. The molecule has 0 spiro atoms. The standard InChI is InChI=1S/C13H9ClF2O/c1-17-10-6-11(15)13(12(16)7-10)8-3-2-4-9(14)5-8/h2-7H,1H3. The Labute approximate surface area is 103 Å². The fraction of sp³-hybridized carbons (Fsp3) is 0.0769. The van der Waals surface area contributed by atoms with E-state index in [1.807, 2.05) is 0 Å². The van der Waals surface area contributed by atoms with Crippen molar-refractivity contribution in [3.63, 3.8) is 0 Å². The van der Waals surface area contributed by atoms with Gasteiger partial charge in [-0.25, -0.2) is 8.78 Å². The minimum absolute atomic E-state index is 0.103. The molecule has 0 aliphatic heterocycles. The lowest BCUT2D eigenvalue weighted by Gasteiger charge is -2.08. The van der Waals surface area contributed by atoms with E-state index in [4.69, 9.17) is 16.3 Å². The molecule has 88 valence electrons. The average molecular weight is 255 g/mol. The first kappa shape index (κ1) is 11.9. The van der Waals surface area contributed by atoms with Crippen LogP contribution in [0.5, 0.6) is 5.75 Å². The molecule has 0 aliphatic carbocycles. The van der Waals surface area contributed by atoms with Crippen molar-refractivity contribution in [2.45, 2.75) is 0 Å². The van der Waals surface area contributed by atoms with Crippen LogP contribution in [-0.2, 0) is 0 Å². The lowest BCUT2D eigenvalue weighted by molar-refractivity contribution is 0.407. The quantitative estimate of drug-likeness (QED) is 0.777. The smallest absolute Gasteiger partial charge is 0.137 e. The Bertz CT molecular complexity index is 532. The molecule has 0 N–H and O–H groups in total. The highest BCUT2D eigenvalue weighted by molar-refractivity contribution is 6.30. The molecule has 0 aliphatic rings. The molecule has 2 aromatic carbocycles. The zero-order chi connectivity index (χ0) is 12.4. The van der Waals surface area contributed by atoms with Gasteiger partial charge in [0.25, 0.3) is 0 Å². The Balaban J connectivity index is 2.60. The summed E-state index contributed by atoms with van der Waals surface area (Å²) in [7, 11) is 1.35. The van der Waals surface area contributed by atoms with Crippen LogP contribution in [0.15, 0.2) is 36.4 Å². The molecule has 4 heteroatoms. The van der Waals surface area contributed by atoms with Gasteiger partial charge in [0, 0.05) is 17.2 Å². The highest BCUT2D eigenvalue weighted by Gasteiger charge is 2.13. The summed E-state index contributed by atoms with van der Waals surface area (Å²) in [5, 5.41) is 0.428. The summed E-state index contributed by atoms with van der Waals surface area (Å²) in [4.78, 5) is 0. The van der Waals surface area contributed by atoms with Crippen molar-refractivity contribution in [2.24, 2.45) is 0 Å². The first-order chi connectivity index (χ1) is 8.11. The fourth-order valence-electron chi connectivity index (χ4n) is 1.59. The molecule has 0 saturated heterocycles. The van der Waals surface area contributed by atoms with E-state index in [9.17, 15) is 8.78 Å². The van der Waals surface area contributed by atoms with Crippen LogP contribution < -0.4 is 4.74 Å². The molecular weight excluding hydrogens is 246 g/mol. The van der Waals surface area contributed by atoms with Gasteiger partial charge in [-0.15, -0.1) is 0 Å². The van der Waals surface area contributed by atoms with Gasteiger partial charge in [-0.3, -0.25) is 0 Å². The summed E-state index contributed by atoms with van der Waals surface area (Å²) in [5.41, 5.74) is 0.295. The van der Waals surface area contributed by atoms with Crippen LogP contribution in [0.2, 0.25) is 5.02 Å². The molecule has 0 atom stereocenters. The van der Waals surface area contributed by atoms with E-state index in [0.717, 1.165) is 12.1 Å². The Hall–Kier alpha value is -1.61. The summed E-state index contributed by atoms with van der Waals surface area (Å²) in [6.45, 7) is 0. The molecule has 1 nitrogen and oxygen atoms in total. The summed E-state index contributed by atoms with van der Waals surface area (Å²) in [6, 6.07) is 8.67. The van der Waals surface area contributed by atoms with Crippen molar-refractivity contribution in [1.82, 2.24) is 0 Å². The van der Waals surface area contributed by atoms with Gasteiger partial charge < -0.3 is 4.74 Å². The molecule has 2 rings (SSSR count). The number of methoxy groups -OCH3 is 1. The molecule has 0 saturated carbocycles. The highest BCUT2D eigenvalue weighted by Crippen LogP contribution is 2.30. The maximum Gasteiger partial charge on any atom is 0.137 e. The van der Waals surface area contributed by atoms with Crippen molar-refractivity contribution in [2.75, 3.05) is 7.11 Å². The lowest BCUT2D eigenvalue weighted by atomic mass is 10.0. The first-order valence-corrected chi connectivity index (χ1v) is 5.28. The summed E-state index contributed by atoms with van der Waals surface area (Å²) < 4.78 is 32.3. The zero-order valence-electron chi connectivity index (χ0n) is 9.01. The number of rotatable bonds is 2. The van der Waals surface area contributed by atoms with Crippen LogP contribution in [0.4, 0.5) is 8.78 Å². The molecule has 0 bridgehead atoms. The number of halogens is 3. The number of ether oxygens (including phenoxy) is 1. The summed E-state index contributed by atoms with van der Waals surface area (Å²) >= 11 is 5.79. The van der Waals surface area contributed by atoms with E-state index >= 15 is 0 Å². The highest BCUT2D eigenvalue weighted by atomic mass is 35.5. The van der Waals surface area contributed by atoms with Gasteiger partial charge in [-0.2, -0.15) is 0 Å². The lowest BCUT2D eigenvalue weighted by Crippen LogP contribution is -1.93. The van der Waals surface area contributed by atoms with Crippen LogP contribution >= 0.6 is 11.6 Å². The van der Waals surface area contributed by atoms with E-state index in [0.29, 0.717) is 10.6 Å². The largest absolute Gasteiger partial charge is 0.497 e. The van der Waals surface area contributed by atoms with Crippen LogP contribution in [0.3, 0.4) is 0 Å². The molecule has 0 heterocycles. The molecule has 0 aromatic heterocycles. The monoisotopic (exact) mass is 254 g/mol. The van der Waals surface area contributed by atoms with Crippen molar-refractivity contribution >= 4 is 11.6 Å². The number of hydrogen-bond donors (Lipinski definition) is 0. The third-order valence-electron chi connectivity index (χ3n) is 2.36. The first-order valence-electron chi connectivity index (χ1n) is 4.91. The number of hydrogen-bond acceptors (Lipinski definition) is 1. The van der Waals surface area contributed by atoms with Crippen molar-refractivity contribution < 1.29 is 13.5 Å². The van der Waals surface area contributed by atoms with Crippen LogP contribution in [0, 0.1) is 11.6 Å². The number of benzene rings is 2. The Morgan fingerprint density at radius 2 is 1.71 bits per heavy atom. The van der Waals surface area contributed by atoms with Gasteiger partial charge in [0.05, 0.1) is 12.7 Å². The predicted octanol–water partition coefficient (Wildman–Crippen LogP) is 4.29. The minimum Gasteiger partial charge on any atom is -0.497 e. The molecular formula is C13H9ClF2O. The molecule has 17 heavy (non-hydrogen) atoms. The van der Waals surface area contributed by atoms with Gasteiger partial charge in [0.15, 0.2) is 0 Å². The van der Waals surface area contributed by atoms with Crippen LogP contribution in [0.25, 0.3) is 11.1 Å². The van der Waals surface area contributed by atoms with Crippen LogP contribution in [-0.4, -0.2) is 7.11 Å². The van der Waals surface area contributed by atoms with Gasteiger partial charge >= 0.3 is 0 Å². The average Bonchev–Trinajstić information content (AvgIpc) is 2.28. The van der Waals surface area contributed by atoms with Gasteiger partial charge in [0.1, 0.15) is 17.4 Å². The van der Waals surface area contributed by atoms with Gasteiger partial charge in [-0.1, -0.05) is 23.7 Å². The van der Waals surface area contributed by atoms with E-state index in [1.54, 1.807) is 18.2 Å². The van der Waals surface area contributed by atoms with E-state index < -0.39 is 11.6 Å². The summed E-state index contributed by atoms with van der Waals surface area (Å²) in [5.74, 6) is -1.21. The van der Waals surface area contributed by atoms with E-state index in [2.05, 4.69) is 0 Å². The zero-order valence-corrected chi connectivity index (χ0v) is 9.76. The van der Waals surface area contributed by atoms with E-state index in [1.165, 1.54) is 13.2 Å². The van der Waals surface area contributed by atoms with Crippen molar-refractivity contribution in [3.8, 4) is 16.9 Å². The third kappa shape index (κ3) is 2.39. The molecule has 0 unspecified atom stereocenters. The second-order valence-corrected chi connectivity index (χ2v) is 3.91. The topological polar surface area (TPSA) is 9.23 Å². The van der Waals surface area contributed by atoms with Gasteiger partial charge in [-0.05, 0) is 17.7 Å². The predicted molar refractivity (Wildman–Crippen MR) is 63.4 cm³/mol. The Morgan fingerprint density at radius 1 is 1.06 bits per heavy atom. The molecule has 0 radical (unpaired) electrons.